The minimum atomic E-state index is -0.508. The number of imide groups is 1. The third kappa shape index (κ3) is 4.31. The topological polar surface area (TPSA) is 105 Å². The molecule has 32 heavy (non-hydrogen) atoms. The van der Waals surface area contributed by atoms with Crippen LogP contribution in [0.25, 0.3) is 0 Å². The molecule has 1 aliphatic carbocycles. The lowest BCUT2D eigenvalue weighted by atomic mass is 9.95. The molecule has 9 heteroatoms. The highest BCUT2D eigenvalue weighted by atomic mass is 32.1. The number of hydrogen-bond donors (Lipinski definition) is 2. The Bertz CT molecular complexity index is 1040. The second-order valence-electron chi connectivity index (χ2n) is 7.81. The van der Waals surface area contributed by atoms with E-state index in [1.165, 1.54) is 11.3 Å². The third-order valence-corrected chi connectivity index (χ3v) is 6.85. The van der Waals surface area contributed by atoms with Crippen LogP contribution in [0.4, 0.5) is 5.00 Å². The van der Waals surface area contributed by atoms with Crippen LogP contribution in [0.5, 0.6) is 0 Å². The highest BCUT2D eigenvalue weighted by Gasteiger charge is 2.36. The molecule has 2 heterocycles. The van der Waals surface area contributed by atoms with Gasteiger partial charge >= 0.3 is 0 Å². The lowest BCUT2D eigenvalue weighted by Gasteiger charge is -2.15. The molecular weight excluding hydrogens is 430 g/mol. The molecule has 4 rings (SSSR count). The number of methoxy groups -OCH3 is 1. The van der Waals surface area contributed by atoms with Crippen LogP contribution in [0, 0.1) is 0 Å². The first-order chi connectivity index (χ1) is 15.5. The predicted octanol–water partition coefficient (Wildman–Crippen LogP) is 2.63. The van der Waals surface area contributed by atoms with Gasteiger partial charge in [-0.2, -0.15) is 0 Å². The Morgan fingerprint density at radius 3 is 2.47 bits per heavy atom. The monoisotopic (exact) mass is 455 g/mol. The Kier molecular flexibility index (Phi) is 6.66. The standard InChI is InChI=1S/C23H25N3O5S/c1-31-12-6-11-24-20(28)19-16-9-4-5-10-17(16)32-21(19)25-18(27)13-26-22(29)14-7-2-3-8-15(14)23(26)30/h2-3,7-8H,4-6,9-13H2,1H3,(H,24,28)(H,25,27). The SMILES string of the molecule is COCCCNC(=O)c1c(NC(=O)CN2C(=O)c3ccccc3C2=O)sc2c1CCCC2. The van der Waals surface area contributed by atoms with Gasteiger partial charge in [0.1, 0.15) is 11.5 Å². The first kappa shape index (κ1) is 22.2. The molecule has 8 nitrogen and oxygen atoms in total. The van der Waals surface area contributed by atoms with Crippen molar-refractivity contribution in [1.29, 1.82) is 0 Å². The van der Waals surface area contributed by atoms with Gasteiger partial charge in [-0.25, -0.2) is 0 Å². The van der Waals surface area contributed by atoms with Gasteiger partial charge in [0.15, 0.2) is 0 Å². The lowest BCUT2D eigenvalue weighted by molar-refractivity contribution is -0.116. The maximum absolute atomic E-state index is 12.9. The molecule has 0 radical (unpaired) electrons. The van der Waals surface area contributed by atoms with Crippen LogP contribution >= 0.6 is 11.3 Å². The van der Waals surface area contributed by atoms with Gasteiger partial charge in [0, 0.05) is 25.1 Å². The molecular formula is C23H25N3O5S. The number of aryl methyl sites for hydroxylation is 1. The predicted molar refractivity (Wildman–Crippen MR) is 120 cm³/mol. The minimum Gasteiger partial charge on any atom is -0.385 e. The molecule has 1 aromatic carbocycles. The average molecular weight is 456 g/mol. The summed E-state index contributed by atoms with van der Waals surface area (Å²) in [6.07, 6.45) is 4.40. The van der Waals surface area contributed by atoms with E-state index in [9.17, 15) is 19.2 Å². The van der Waals surface area contributed by atoms with Crippen LogP contribution in [0.2, 0.25) is 0 Å². The Labute approximate surface area is 189 Å². The summed E-state index contributed by atoms with van der Waals surface area (Å²) in [7, 11) is 1.61. The summed E-state index contributed by atoms with van der Waals surface area (Å²) in [6, 6.07) is 6.52. The number of amides is 4. The van der Waals surface area contributed by atoms with Gasteiger partial charge in [-0.1, -0.05) is 12.1 Å². The number of fused-ring (bicyclic) bond motifs is 2. The van der Waals surface area contributed by atoms with Crippen LogP contribution in [-0.2, 0) is 22.4 Å². The Morgan fingerprint density at radius 2 is 1.78 bits per heavy atom. The van der Waals surface area contributed by atoms with E-state index in [1.54, 1.807) is 31.4 Å². The maximum atomic E-state index is 12.9. The first-order valence-corrected chi connectivity index (χ1v) is 11.5. The zero-order chi connectivity index (χ0) is 22.7. The van der Waals surface area contributed by atoms with Gasteiger partial charge in [0.25, 0.3) is 17.7 Å². The minimum absolute atomic E-state index is 0.225. The van der Waals surface area contributed by atoms with Crippen molar-refractivity contribution in [3.8, 4) is 0 Å². The Balaban J connectivity index is 1.49. The molecule has 0 bridgehead atoms. The summed E-state index contributed by atoms with van der Waals surface area (Å²) in [6.45, 7) is 0.620. The zero-order valence-electron chi connectivity index (χ0n) is 17.9. The van der Waals surface area contributed by atoms with E-state index in [2.05, 4.69) is 10.6 Å². The number of carbonyl (C=O) groups is 4. The van der Waals surface area contributed by atoms with Crippen LogP contribution in [-0.4, -0.2) is 55.3 Å². The van der Waals surface area contributed by atoms with E-state index < -0.39 is 24.3 Å². The first-order valence-electron chi connectivity index (χ1n) is 10.7. The number of anilines is 1. The van der Waals surface area contributed by atoms with E-state index in [0.717, 1.165) is 41.0 Å². The molecule has 2 N–H and O–H groups in total. The van der Waals surface area contributed by atoms with E-state index in [1.807, 2.05) is 0 Å². The summed E-state index contributed by atoms with van der Waals surface area (Å²) < 4.78 is 5.02. The van der Waals surface area contributed by atoms with Crippen molar-refractivity contribution < 1.29 is 23.9 Å². The number of ether oxygens (including phenoxy) is 1. The smallest absolute Gasteiger partial charge is 0.262 e. The number of nitrogens with one attached hydrogen (secondary N) is 2. The molecule has 0 atom stereocenters. The van der Waals surface area contributed by atoms with Crippen LogP contribution in [0.1, 0.15) is 60.8 Å². The van der Waals surface area contributed by atoms with Crippen molar-refractivity contribution in [3.05, 3.63) is 51.4 Å². The second-order valence-corrected chi connectivity index (χ2v) is 8.91. The van der Waals surface area contributed by atoms with Crippen molar-refractivity contribution in [2.45, 2.75) is 32.1 Å². The summed E-state index contributed by atoms with van der Waals surface area (Å²) in [5.74, 6) is -1.70. The van der Waals surface area contributed by atoms with Gasteiger partial charge in [-0.05, 0) is 49.8 Å². The molecule has 2 aromatic rings. The van der Waals surface area contributed by atoms with E-state index in [-0.39, 0.29) is 5.91 Å². The molecule has 4 amide bonds. The zero-order valence-corrected chi connectivity index (χ0v) is 18.7. The summed E-state index contributed by atoms with van der Waals surface area (Å²) in [4.78, 5) is 52.9. The molecule has 1 aromatic heterocycles. The van der Waals surface area contributed by atoms with E-state index in [0.29, 0.717) is 41.3 Å². The average Bonchev–Trinajstić information content (AvgIpc) is 3.27. The summed E-state index contributed by atoms with van der Waals surface area (Å²) in [5, 5.41) is 6.17. The highest BCUT2D eigenvalue weighted by Crippen LogP contribution is 2.38. The molecule has 0 unspecified atom stereocenters. The highest BCUT2D eigenvalue weighted by molar-refractivity contribution is 7.17. The van der Waals surface area contributed by atoms with Crippen molar-refractivity contribution in [2.75, 3.05) is 32.1 Å². The quantitative estimate of drug-likeness (QED) is 0.470. The van der Waals surface area contributed by atoms with Crippen molar-refractivity contribution in [3.63, 3.8) is 0 Å². The fourth-order valence-electron chi connectivity index (χ4n) is 4.09. The number of carbonyl (C=O) groups excluding carboxylic acids is 4. The fraction of sp³-hybridized carbons (Fsp3) is 0.391. The molecule has 0 saturated heterocycles. The van der Waals surface area contributed by atoms with Gasteiger partial charge < -0.3 is 15.4 Å². The summed E-state index contributed by atoms with van der Waals surface area (Å²) >= 11 is 1.40. The molecule has 2 aliphatic rings. The Morgan fingerprint density at radius 1 is 1.09 bits per heavy atom. The number of rotatable bonds is 8. The van der Waals surface area contributed by atoms with E-state index in [4.69, 9.17) is 4.74 Å². The van der Waals surface area contributed by atoms with Gasteiger partial charge in [0.05, 0.1) is 16.7 Å². The third-order valence-electron chi connectivity index (χ3n) is 5.64. The fourth-order valence-corrected chi connectivity index (χ4v) is 5.40. The Hall–Kier alpha value is -3.04. The van der Waals surface area contributed by atoms with Crippen molar-refractivity contribution >= 4 is 40.0 Å². The molecule has 168 valence electrons. The second kappa shape index (κ2) is 9.62. The maximum Gasteiger partial charge on any atom is 0.262 e. The van der Waals surface area contributed by atoms with Gasteiger partial charge in [-0.3, -0.25) is 24.1 Å². The van der Waals surface area contributed by atoms with Gasteiger partial charge in [0.2, 0.25) is 5.91 Å². The number of benzene rings is 1. The molecule has 0 fully saturated rings. The van der Waals surface area contributed by atoms with Gasteiger partial charge in [-0.15, -0.1) is 11.3 Å². The van der Waals surface area contributed by atoms with Crippen molar-refractivity contribution in [2.24, 2.45) is 0 Å². The lowest BCUT2D eigenvalue weighted by Crippen LogP contribution is -2.37. The van der Waals surface area contributed by atoms with Crippen LogP contribution in [0.15, 0.2) is 24.3 Å². The number of nitrogens with zero attached hydrogens (tertiary/aromatic N) is 1. The van der Waals surface area contributed by atoms with E-state index >= 15 is 0 Å². The van der Waals surface area contributed by atoms with Crippen molar-refractivity contribution in [1.82, 2.24) is 10.2 Å². The number of thiophene rings is 1. The normalized spacial score (nSPS) is 14.8. The molecule has 1 aliphatic heterocycles. The van der Waals surface area contributed by atoms with Crippen LogP contribution in [0.3, 0.4) is 0 Å². The molecule has 0 saturated carbocycles. The van der Waals surface area contributed by atoms with Crippen LogP contribution < -0.4 is 10.6 Å². The number of hydrogen-bond acceptors (Lipinski definition) is 6. The molecule has 0 spiro atoms. The largest absolute Gasteiger partial charge is 0.385 e. The summed E-state index contributed by atoms with van der Waals surface area (Å²) in [5.41, 5.74) is 2.08.